The monoisotopic (exact) mass is 286 g/mol. The van der Waals surface area contributed by atoms with Gasteiger partial charge in [-0.1, -0.05) is 102 Å². The van der Waals surface area contributed by atoms with Crippen LogP contribution in [-0.2, 0) is 0 Å². The average molecular weight is 287 g/mol. The van der Waals surface area contributed by atoms with Crippen LogP contribution >= 0.6 is 0 Å². The molecule has 0 heteroatoms. The van der Waals surface area contributed by atoms with Crippen LogP contribution in [0.3, 0.4) is 0 Å². The molecular formula is C21H34. The smallest absolute Gasteiger partial charge is 0.00891 e. The fraction of sp³-hybridized carbons (Fsp3) is 0.429. The van der Waals surface area contributed by atoms with Gasteiger partial charge in [-0.2, -0.15) is 0 Å². The molecular weight excluding hydrogens is 252 g/mol. The molecule has 0 aromatic heterocycles. The molecule has 0 aliphatic heterocycles. The maximum absolute atomic E-state index is 3.81. The second-order valence-corrected chi connectivity index (χ2v) is 4.15. The van der Waals surface area contributed by atoms with Crippen LogP contribution in [0.25, 0.3) is 0 Å². The number of hydrogen-bond acceptors (Lipinski definition) is 0. The lowest BCUT2D eigenvalue weighted by Gasteiger charge is -2.18. The summed E-state index contributed by atoms with van der Waals surface area (Å²) in [5.74, 6) is 0.482. The molecule has 0 saturated heterocycles. The van der Waals surface area contributed by atoms with Crippen LogP contribution in [0.4, 0.5) is 0 Å². The Hall–Kier alpha value is -1.56. The molecule has 1 unspecified atom stereocenters. The molecule has 0 spiro atoms. The van der Waals surface area contributed by atoms with Gasteiger partial charge in [0.2, 0.25) is 0 Å². The van der Waals surface area contributed by atoms with Gasteiger partial charge in [-0.25, -0.2) is 0 Å². The Labute approximate surface area is 133 Å². The third-order valence-corrected chi connectivity index (χ3v) is 2.85. The second-order valence-electron chi connectivity index (χ2n) is 4.15. The van der Waals surface area contributed by atoms with Crippen LogP contribution in [0.2, 0.25) is 0 Å². The van der Waals surface area contributed by atoms with E-state index in [1.165, 1.54) is 24.0 Å². The fourth-order valence-electron chi connectivity index (χ4n) is 2.12. The van der Waals surface area contributed by atoms with Gasteiger partial charge < -0.3 is 0 Å². The third kappa shape index (κ3) is 9.07. The van der Waals surface area contributed by atoms with Gasteiger partial charge in [-0.15, -0.1) is 0 Å². The van der Waals surface area contributed by atoms with Gasteiger partial charge in [0.15, 0.2) is 0 Å². The Morgan fingerprint density at radius 2 is 1.67 bits per heavy atom. The first-order valence-corrected chi connectivity index (χ1v) is 8.33. The van der Waals surface area contributed by atoms with Gasteiger partial charge in [0.25, 0.3) is 0 Å². The van der Waals surface area contributed by atoms with Crippen LogP contribution in [0.15, 0.2) is 66.8 Å². The van der Waals surface area contributed by atoms with E-state index in [0.717, 1.165) is 0 Å². The fourth-order valence-corrected chi connectivity index (χ4v) is 2.12. The molecule has 0 heterocycles. The lowest BCUT2D eigenvalue weighted by molar-refractivity contribution is 0.697. The molecule has 0 amide bonds. The second kappa shape index (κ2) is 16.5. The van der Waals surface area contributed by atoms with Crippen molar-refractivity contribution >= 4 is 0 Å². The topological polar surface area (TPSA) is 0 Å². The largest absolute Gasteiger partial charge is 0.0991 e. The molecule has 0 aliphatic rings. The molecule has 0 saturated carbocycles. The van der Waals surface area contributed by atoms with Gasteiger partial charge in [-0.05, 0) is 24.5 Å². The van der Waals surface area contributed by atoms with Crippen molar-refractivity contribution in [1.29, 1.82) is 0 Å². The summed E-state index contributed by atoms with van der Waals surface area (Å²) in [5, 5.41) is 0. The summed E-state index contributed by atoms with van der Waals surface area (Å²) in [4.78, 5) is 0. The van der Waals surface area contributed by atoms with Crippen molar-refractivity contribution in [3.05, 3.63) is 72.4 Å². The van der Waals surface area contributed by atoms with Crippen molar-refractivity contribution in [3.63, 3.8) is 0 Å². The van der Waals surface area contributed by atoms with Crippen LogP contribution in [0.5, 0.6) is 0 Å². The van der Waals surface area contributed by atoms with E-state index in [9.17, 15) is 0 Å². The van der Waals surface area contributed by atoms with E-state index in [1.54, 1.807) is 0 Å². The van der Waals surface area contributed by atoms with E-state index in [1.807, 2.05) is 33.8 Å². The Bertz CT molecular complexity index is 382. The minimum atomic E-state index is 0.482. The van der Waals surface area contributed by atoms with Gasteiger partial charge in [0, 0.05) is 5.92 Å². The number of rotatable bonds is 6. The Morgan fingerprint density at radius 3 is 2.10 bits per heavy atom. The quantitative estimate of drug-likeness (QED) is 0.481. The molecule has 1 atom stereocenters. The standard InChI is InChI=1S/C17H22.2C2H6/c1-4-10-15(11-5-2)17(12-6-3)16-13-8-7-9-14-16;2*1-2/h4-5,7-11,13-14,17H,1,6,12H2,2-3H3;2*1-2H3/b11-5-,15-10+;;. The zero-order chi connectivity index (χ0) is 16.5. The zero-order valence-corrected chi connectivity index (χ0v) is 14.9. The maximum Gasteiger partial charge on any atom is 0.00891 e. The predicted octanol–water partition coefficient (Wildman–Crippen LogP) is 7.31. The summed E-state index contributed by atoms with van der Waals surface area (Å²) in [6.07, 6.45) is 10.6. The summed E-state index contributed by atoms with van der Waals surface area (Å²) in [6.45, 7) is 16.1. The Balaban J connectivity index is 0. The van der Waals surface area contributed by atoms with Gasteiger partial charge in [0.1, 0.15) is 0 Å². The Kier molecular flexibility index (Phi) is 17.1. The highest BCUT2D eigenvalue weighted by atomic mass is 14.2. The van der Waals surface area contributed by atoms with Crippen molar-refractivity contribution in [1.82, 2.24) is 0 Å². The molecule has 0 fully saturated rings. The van der Waals surface area contributed by atoms with E-state index in [2.05, 4.69) is 69.0 Å². The molecule has 0 bridgehead atoms. The average Bonchev–Trinajstić information content (AvgIpc) is 2.57. The molecule has 1 aromatic carbocycles. The first-order chi connectivity index (χ1) is 10.3. The van der Waals surface area contributed by atoms with Crippen LogP contribution in [0.1, 0.15) is 65.9 Å². The summed E-state index contributed by atoms with van der Waals surface area (Å²) >= 11 is 0. The lowest BCUT2D eigenvalue weighted by Crippen LogP contribution is -2.01. The van der Waals surface area contributed by atoms with Gasteiger partial charge >= 0.3 is 0 Å². The van der Waals surface area contributed by atoms with Gasteiger partial charge in [0.05, 0.1) is 0 Å². The molecule has 1 rings (SSSR count). The maximum atomic E-state index is 3.81. The van der Waals surface area contributed by atoms with Crippen molar-refractivity contribution < 1.29 is 0 Å². The summed E-state index contributed by atoms with van der Waals surface area (Å²) in [7, 11) is 0. The van der Waals surface area contributed by atoms with E-state index >= 15 is 0 Å². The minimum Gasteiger partial charge on any atom is -0.0991 e. The molecule has 0 nitrogen and oxygen atoms in total. The highest BCUT2D eigenvalue weighted by Crippen LogP contribution is 2.29. The van der Waals surface area contributed by atoms with Crippen molar-refractivity contribution in [3.8, 4) is 0 Å². The molecule has 0 aliphatic carbocycles. The molecule has 0 radical (unpaired) electrons. The SMILES string of the molecule is C=C/C=C(\C=C/C)C(CCC)c1ccccc1.CC.CC. The number of benzene rings is 1. The summed E-state index contributed by atoms with van der Waals surface area (Å²) in [6, 6.07) is 10.7. The number of hydrogen-bond donors (Lipinski definition) is 0. The molecule has 1 aromatic rings. The molecule has 118 valence electrons. The van der Waals surface area contributed by atoms with Crippen molar-refractivity contribution in [2.24, 2.45) is 0 Å². The van der Waals surface area contributed by atoms with Crippen LogP contribution in [0, 0.1) is 0 Å². The van der Waals surface area contributed by atoms with E-state index < -0.39 is 0 Å². The normalized spacial score (nSPS) is 11.8. The molecule has 0 N–H and O–H groups in total. The zero-order valence-electron chi connectivity index (χ0n) is 14.9. The summed E-state index contributed by atoms with van der Waals surface area (Å²) in [5.41, 5.74) is 2.73. The summed E-state index contributed by atoms with van der Waals surface area (Å²) < 4.78 is 0. The third-order valence-electron chi connectivity index (χ3n) is 2.85. The van der Waals surface area contributed by atoms with Crippen molar-refractivity contribution in [2.45, 2.75) is 60.3 Å². The van der Waals surface area contributed by atoms with Crippen LogP contribution < -0.4 is 0 Å². The van der Waals surface area contributed by atoms with E-state index in [-0.39, 0.29) is 0 Å². The molecule has 21 heavy (non-hydrogen) atoms. The van der Waals surface area contributed by atoms with E-state index in [4.69, 9.17) is 0 Å². The van der Waals surface area contributed by atoms with E-state index in [0.29, 0.717) is 5.92 Å². The lowest BCUT2D eigenvalue weighted by atomic mass is 9.87. The highest BCUT2D eigenvalue weighted by molar-refractivity contribution is 5.36. The number of allylic oxidation sites excluding steroid dienone is 5. The first kappa shape index (κ1) is 21.7. The highest BCUT2D eigenvalue weighted by Gasteiger charge is 2.12. The van der Waals surface area contributed by atoms with Gasteiger partial charge in [-0.3, -0.25) is 0 Å². The predicted molar refractivity (Wildman–Crippen MR) is 99.9 cm³/mol. The van der Waals surface area contributed by atoms with Crippen molar-refractivity contribution in [2.75, 3.05) is 0 Å². The minimum absolute atomic E-state index is 0.482. The van der Waals surface area contributed by atoms with Crippen LogP contribution in [-0.4, -0.2) is 0 Å². The first-order valence-electron chi connectivity index (χ1n) is 8.33. The Morgan fingerprint density at radius 1 is 1.10 bits per heavy atom.